The maximum Gasteiger partial charge on any atom is 0.241 e. The average molecular weight is 351 g/mol. The summed E-state index contributed by atoms with van der Waals surface area (Å²) in [4.78, 5) is 13.6. The highest BCUT2D eigenvalue weighted by Gasteiger charge is 2.10. The number of rotatable bonds is 5. The second-order valence-corrected chi connectivity index (χ2v) is 5.63. The van der Waals surface area contributed by atoms with Gasteiger partial charge in [-0.05, 0) is 29.8 Å². The van der Waals surface area contributed by atoms with Gasteiger partial charge in [0, 0.05) is 18.1 Å². The van der Waals surface area contributed by atoms with Crippen molar-refractivity contribution in [2.45, 2.75) is 6.54 Å². The molecule has 1 N–H and O–H groups in total. The highest BCUT2D eigenvalue weighted by molar-refractivity contribution is 9.10. The molecular weight excluding hydrogens is 335 g/mol. The lowest BCUT2D eigenvalue weighted by Gasteiger charge is -2.18. The van der Waals surface area contributed by atoms with Crippen LogP contribution in [0.25, 0.3) is 0 Å². The van der Waals surface area contributed by atoms with Crippen LogP contribution in [0.5, 0.6) is 0 Å². The van der Waals surface area contributed by atoms with Crippen molar-refractivity contribution in [2.75, 3.05) is 18.9 Å². The molecule has 2 aromatic rings. The van der Waals surface area contributed by atoms with Crippen molar-refractivity contribution in [3.63, 3.8) is 0 Å². The Morgan fingerprint density at radius 3 is 2.52 bits per heavy atom. The summed E-state index contributed by atoms with van der Waals surface area (Å²) in [5.74, 6) is -0.456. The van der Waals surface area contributed by atoms with Crippen LogP contribution in [-0.4, -0.2) is 24.4 Å². The number of benzene rings is 2. The Kier molecular flexibility index (Phi) is 5.33. The topological polar surface area (TPSA) is 32.3 Å². The van der Waals surface area contributed by atoms with Crippen LogP contribution in [0.2, 0.25) is 0 Å². The minimum absolute atomic E-state index is 0.0635. The summed E-state index contributed by atoms with van der Waals surface area (Å²) >= 11 is 3.37. The number of carbonyl (C=O) groups excluding carboxylic acids is 1. The largest absolute Gasteiger partial charge is 0.374 e. The SMILES string of the molecule is CN(Cc1ccc(Br)cc1)C(=O)CNc1ccccc1F. The number of likely N-dealkylation sites (N-methyl/N-ethyl adjacent to an activating group) is 1. The number of hydrogen-bond acceptors (Lipinski definition) is 2. The fourth-order valence-corrected chi connectivity index (χ4v) is 2.13. The lowest BCUT2D eigenvalue weighted by molar-refractivity contribution is -0.128. The molecule has 0 saturated carbocycles. The second kappa shape index (κ2) is 7.22. The molecule has 0 atom stereocenters. The monoisotopic (exact) mass is 350 g/mol. The molecule has 0 aromatic heterocycles. The molecule has 0 spiro atoms. The predicted molar refractivity (Wildman–Crippen MR) is 85.5 cm³/mol. The lowest BCUT2D eigenvalue weighted by Crippen LogP contribution is -2.31. The van der Waals surface area contributed by atoms with Gasteiger partial charge < -0.3 is 10.2 Å². The minimum atomic E-state index is -0.360. The van der Waals surface area contributed by atoms with E-state index in [0.29, 0.717) is 12.2 Å². The van der Waals surface area contributed by atoms with Crippen molar-refractivity contribution in [1.82, 2.24) is 4.90 Å². The molecule has 0 unspecified atom stereocenters. The molecule has 0 saturated heterocycles. The van der Waals surface area contributed by atoms with Crippen molar-refractivity contribution < 1.29 is 9.18 Å². The zero-order valence-corrected chi connectivity index (χ0v) is 13.2. The fourth-order valence-electron chi connectivity index (χ4n) is 1.86. The first-order chi connectivity index (χ1) is 10.1. The first-order valence-electron chi connectivity index (χ1n) is 6.53. The number of nitrogens with one attached hydrogen (secondary N) is 1. The minimum Gasteiger partial charge on any atom is -0.374 e. The molecule has 3 nitrogen and oxygen atoms in total. The van der Waals surface area contributed by atoms with Crippen molar-refractivity contribution in [1.29, 1.82) is 0 Å². The van der Waals surface area contributed by atoms with Crippen LogP contribution in [0.4, 0.5) is 10.1 Å². The second-order valence-electron chi connectivity index (χ2n) is 4.71. The molecule has 2 rings (SSSR count). The Morgan fingerprint density at radius 2 is 1.86 bits per heavy atom. The molecule has 0 aliphatic carbocycles. The molecule has 0 aliphatic heterocycles. The van der Waals surface area contributed by atoms with Crippen LogP contribution in [0, 0.1) is 5.82 Å². The quantitative estimate of drug-likeness (QED) is 0.892. The summed E-state index contributed by atoms with van der Waals surface area (Å²) in [6, 6.07) is 14.1. The molecule has 0 bridgehead atoms. The number of carbonyl (C=O) groups is 1. The smallest absolute Gasteiger partial charge is 0.241 e. The Hall–Kier alpha value is -1.88. The van der Waals surface area contributed by atoms with Gasteiger partial charge in [-0.3, -0.25) is 4.79 Å². The van der Waals surface area contributed by atoms with E-state index in [1.54, 1.807) is 30.1 Å². The van der Waals surface area contributed by atoms with Crippen molar-refractivity contribution in [2.24, 2.45) is 0 Å². The molecule has 0 heterocycles. The summed E-state index contributed by atoms with van der Waals surface area (Å²) in [5, 5.41) is 2.81. The molecule has 0 fully saturated rings. The normalized spacial score (nSPS) is 10.2. The van der Waals surface area contributed by atoms with Gasteiger partial charge in [-0.25, -0.2) is 4.39 Å². The fraction of sp³-hybridized carbons (Fsp3) is 0.188. The molecule has 2 aromatic carbocycles. The van der Waals surface area contributed by atoms with E-state index in [2.05, 4.69) is 21.2 Å². The molecule has 110 valence electrons. The van der Waals surface area contributed by atoms with E-state index in [1.807, 2.05) is 24.3 Å². The number of amides is 1. The van der Waals surface area contributed by atoms with E-state index in [1.165, 1.54) is 6.07 Å². The molecule has 0 aliphatic rings. The van der Waals surface area contributed by atoms with Gasteiger partial charge in [-0.2, -0.15) is 0 Å². The zero-order chi connectivity index (χ0) is 15.2. The van der Waals surface area contributed by atoms with E-state index in [-0.39, 0.29) is 18.3 Å². The van der Waals surface area contributed by atoms with Crippen LogP contribution in [0.15, 0.2) is 53.0 Å². The molecule has 1 amide bonds. The van der Waals surface area contributed by atoms with Gasteiger partial charge in [0.25, 0.3) is 0 Å². The van der Waals surface area contributed by atoms with Crippen molar-refractivity contribution in [3.05, 3.63) is 64.4 Å². The van der Waals surface area contributed by atoms with Gasteiger partial charge in [0.1, 0.15) is 5.82 Å². The van der Waals surface area contributed by atoms with Crippen molar-refractivity contribution >= 4 is 27.5 Å². The van der Waals surface area contributed by atoms with Crippen LogP contribution in [0.3, 0.4) is 0 Å². The zero-order valence-electron chi connectivity index (χ0n) is 11.6. The van der Waals surface area contributed by atoms with Crippen molar-refractivity contribution in [3.8, 4) is 0 Å². The van der Waals surface area contributed by atoms with Gasteiger partial charge in [0.15, 0.2) is 0 Å². The molecular formula is C16H16BrFN2O. The van der Waals surface area contributed by atoms with Crippen LogP contribution >= 0.6 is 15.9 Å². The third-order valence-electron chi connectivity index (χ3n) is 3.06. The summed E-state index contributed by atoms with van der Waals surface area (Å²) < 4.78 is 14.4. The van der Waals surface area contributed by atoms with Crippen LogP contribution in [0.1, 0.15) is 5.56 Å². The van der Waals surface area contributed by atoms with Gasteiger partial charge in [0.05, 0.1) is 12.2 Å². The summed E-state index contributed by atoms with van der Waals surface area (Å²) in [6.45, 7) is 0.582. The Morgan fingerprint density at radius 1 is 1.19 bits per heavy atom. The van der Waals surface area contributed by atoms with Crippen LogP contribution < -0.4 is 5.32 Å². The Bertz CT molecular complexity index is 616. The van der Waals surface area contributed by atoms with Gasteiger partial charge in [-0.1, -0.05) is 40.2 Å². The highest BCUT2D eigenvalue weighted by Crippen LogP contribution is 2.13. The van der Waals surface area contributed by atoms with E-state index in [4.69, 9.17) is 0 Å². The first-order valence-corrected chi connectivity index (χ1v) is 7.32. The average Bonchev–Trinajstić information content (AvgIpc) is 2.48. The van der Waals surface area contributed by atoms with Gasteiger partial charge in [-0.15, -0.1) is 0 Å². The molecule has 21 heavy (non-hydrogen) atoms. The number of anilines is 1. The van der Waals surface area contributed by atoms with E-state index in [0.717, 1.165) is 10.0 Å². The number of halogens is 2. The number of hydrogen-bond donors (Lipinski definition) is 1. The Balaban J connectivity index is 1.88. The highest BCUT2D eigenvalue weighted by atomic mass is 79.9. The van der Waals surface area contributed by atoms with E-state index in [9.17, 15) is 9.18 Å². The summed E-state index contributed by atoms with van der Waals surface area (Å²) in [6.07, 6.45) is 0. The molecule has 5 heteroatoms. The number of para-hydroxylation sites is 1. The summed E-state index contributed by atoms with van der Waals surface area (Å²) in [5.41, 5.74) is 1.38. The number of nitrogens with zero attached hydrogens (tertiary/aromatic N) is 1. The van der Waals surface area contributed by atoms with Gasteiger partial charge in [0.2, 0.25) is 5.91 Å². The maximum absolute atomic E-state index is 13.4. The summed E-state index contributed by atoms with van der Waals surface area (Å²) in [7, 11) is 1.73. The maximum atomic E-state index is 13.4. The Labute approximate surface area is 131 Å². The first kappa shape index (κ1) is 15.5. The van der Waals surface area contributed by atoms with E-state index >= 15 is 0 Å². The molecule has 0 radical (unpaired) electrons. The lowest BCUT2D eigenvalue weighted by atomic mass is 10.2. The third kappa shape index (κ3) is 4.56. The van der Waals surface area contributed by atoms with Crippen LogP contribution in [-0.2, 0) is 11.3 Å². The third-order valence-corrected chi connectivity index (χ3v) is 3.59. The predicted octanol–water partition coefficient (Wildman–Crippen LogP) is 3.66. The van der Waals surface area contributed by atoms with E-state index < -0.39 is 0 Å². The van der Waals surface area contributed by atoms with Gasteiger partial charge >= 0.3 is 0 Å². The standard InChI is InChI=1S/C16H16BrFN2O/c1-20(11-12-6-8-13(17)9-7-12)16(21)10-19-15-5-3-2-4-14(15)18/h2-9,19H,10-11H2,1H3.